The molecule has 0 fully saturated rings. The van der Waals surface area contributed by atoms with Gasteiger partial charge in [0.15, 0.2) is 5.78 Å². The van der Waals surface area contributed by atoms with Gasteiger partial charge in [0.05, 0.1) is 15.6 Å². The Morgan fingerprint density at radius 1 is 0.895 bits per heavy atom. The zero-order valence-electron chi connectivity index (χ0n) is 10.00. The van der Waals surface area contributed by atoms with E-state index >= 15 is 0 Å². The number of carbonyl (C=O) groups excluding carboxylic acids is 1. The molecule has 98 valence electrons. The van der Waals surface area contributed by atoms with Gasteiger partial charge in [-0.05, 0) is 36.2 Å². The molecule has 0 aliphatic heterocycles. The molecule has 0 amide bonds. The van der Waals surface area contributed by atoms with E-state index in [4.69, 9.17) is 34.8 Å². The second-order valence-corrected chi connectivity index (χ2v) is 5.40. The summed E-state index contributed by atoms with van der Waals surface area (Å²) in [5.41, 5.74) is 1.46. The van der Waals surface area contributed by atoms with Crippen LogP contribution in [0.3, 0.4) is 0 Å². The van der Waals surface area contributed by atoms with Gasteiger partial charge < -0.3 is 0 Å². The number of aryl methyl sites for hydroxylation is 1. The number of hydrogen-bond donors (Lipinski definition) is 0. The van der Waals surface area contributed by atoms with Crippen LogP contribution < -0.4 is 0 Å². The summed E-state index contributed by atoms with van der Waals surface area (Å²) in [4.78, 5) is 12.1. The van der Waals surface area contributed by atoms with Crippen molar-refractivity contribution < 1.29 is 4.79 Å². The average Bonchev–Trinajstić information content (AvgIpc) is 2.38. The molecule has 2 aromatic rings. The lowest BCUT2D eigenvalue weighted by molar-refractivity contribution is 0.0983. The third-order valence-electron chi connectivity index (χ3n) is 2.80. The Labute approximate surface area is 127 Å². The van der Waals surface area contributed by atoms with E-state index in [0.717, 1.165) is 5.56 Å². The van der Waals surface area contributed by atoms with E-state index in [2.05, 4.69) is 0 Å². The molecule has 0 atom stereocenters. The summed E-state index contributed by atoms with van der Waals surface area (Å²) >= 11 is 17.8. The van der Waals surface area contributed by atoms with E-state index in [9.17, 15) is 4.79 Å². The number of carbonyl (C=O) groups is 1. The summed E-state index contributed by atoms with van der Waals surface area (Å²) in [5, 5.41) is 1.48. The summed E-state index contributed by atoms with van der Waals surface area (Å²) in [7, 11) is 0. The van der Waals surface area contributed by atoms with Crippen molar-refractivity contribution >= 4 is 40.6 Å². The number of Topliss-reactive ketones (excluding diaryl/α,β-unsaturated/α-hetero) is 1. The van der Waals surface area contributed by atoms with Gasteiger partial charge in [-0.15, -0.1) is 0 Å². The fourth-order valence-corrected chi connectivity index (χ4v) is 2.53. The van der Waals surface area contributed by atoms with Gasteiger partial charge in [0.25, 0.3) is 0 Å². The molecule has 0 spiro atoms. The van der Waals surface area contributed by atoms with Gasteiger partial charge in [0.1, 0.15) is 0 Å². The van der Waals surface area contributed by atoms with Crippen molar-refractivity contribution in [2.24, 2.45) is 0 Å². The van der Waals surface area contributed by atoms with Crippen LogP contribution in [0.5, 0.6) is 0 Å². The summed E-state index contributed by atoms with van der Waals surface area (Å²) in [5.74, 6) is -0.0504. The second-order valence-electron chi connectivity index (χ2n) is 4.15. The third-order valence-corrected chi connectivity index (χ3v) is 3.68. The first-order valence-electron chi connectivity index (χ1n) is 5.79. The minimum absolute atomic E-state index is 0.0504. The summed E-state index contributed by atoms with van der Waals surface area (Å²) < 4.78 is 0. The van der Waals surface area contributed by atoms with Gasteiger partial charge in [-0.2, -0.15) is 0 Å². The van der Waals surface area contributed by atoms with E-state index < -0.39 is 0 Å². The van der Waals surface area contributed by atoms with Gasteiger partial charge in [0, 0.05) is 11.4 Å². The quantitative estimate of drug-likeness (QED) is 0.685. The van der Waals surface area contributed by atoms with Crippen molar-refractivity contribution in [2.45, 2.75) is 12.8 Å². The Bertz CT molecular complexity index is 571. The molecule has 0 saturated heterocycles. The Morgan fingerprint density at radius 2 is 1.47 bits per heavy atom. The van der Waals surface area contributed by atoms with Crippen LogP contribution in [0, 0.1) is 0 Å². The van der Waals surface area contributed by atoms with Crippen molar-refractivity contribution in [3.05, 3.63) is 68.7 Å². The first-order chi connectivity index (χ1) is 9.08. The first kappa shape index (κ1) is 14.4. The van der Waals surface area contributed by atoms with E-state index in [-0.39, 0.29) is 5.78 Å². The number of rotatable bonds is 4. The van der Waals surface area contributed by atoms with Crippen molar-refractivity contribution in [1.29, 1.82) is 0 Å². The topological polar surface area (TPSA) is 17.1 Å². The monoisotopic (exact) mass is 312 g/mol. The average molecular weight is 314 g/mol. The van der Waals surface area contributed by atoms with E-state index in [0.29, 0.717) is 33.5 Å². The van der Waals surface area contributed by atoms with Crippen LogP contribution in [0.2, 0.25) is 15.1 Å². The fraction of sp³-hybridized carbons (Fsp3) is 0.133. The lowest BCUT2D eigenvalue weighted by Crippen LogP contribution is -2.03. The highest BCUT2D eigenvalue weighted by atomic mass is 35.5. The smallest absolute Gasteiger partial charge is 0.166 e. The summed E-state index contributed by atoms with van der Waals surface area (Å²) in [6.45, 7) is 0. The Hall–Kier alpha value is -1.02. The van der Waals surface area contributed by atoms with E-state index in [1.54, 1.807) is 18.2 Å². The number of hydrogen-bond acceptors (Lipinski definition) is 1. The summed E-state index contributed by atoms with van der Waals surface area (Å²) in [6.07, 6.45) is 1.00. The standard InChI is InChI=1S/C15H11Cl3O/c16-11-7-4-10(5-8-11)6-9-14(19)15-12(17)2-1-3-13(15)18/h1-5,7-8H,6,9H2. The van der Waals surface area contributed by atoms with Crippen LogP contribution >= 0.6 is 34.8 Å². The minimum Gasteiger partial charge on any atom is -0.294 e. The van der Waals surface area contributed by atoms with Crippen molar-refractivity contribution in [2.75, 3.05) is 0 Å². The lowest BCUT2D eigenvalue weighted by Gasteiger charge is -2.06. The predicted molar refractivity (Wildman–Crippen MR) is 80.6 cm³/mol. The molecule has 1 nitrogen and oxygen atoms in total. The number of halogens is 3. The molecular formula is C15H11Cl3O. The highest BCUT2D eigenvalue weighted by Gasteiger charge is 2.14. The van der Waals surface area contributed by atoms with Gasteiger partial charge in [-0.25, -0.2) is 0 Å². The van der Waals surface area contributed by atoms with Crippen molar-refractivity contribution in [1.82, 2.24) is 0 Å². The van der Waals surface area contributed by atoms with Crippen LogP contribution in [0.15, 0.2) is 42.5 Å². The third kappa shape index (κ3) is 3.73. The highest BCUT2D eigenvalue weighted by Crippen LogP contribution is 2.26. The van der Waals surface area contributed by atoms with Gasteiger partial charge in [0.2, 0.25) is 0 Å². The SMILES string of the molecule is O=C(CCc1ccc(Cl)cc1)c1c(Cl)cccc1Cl. The normalized spacial score (nSPS) is 10.5. The molecule has 0 aromatic heterocycles. The minimum atomic E-state index is -0.0504. The molecule has 0 heterocycles. The molecule has 2 aromatic carbocycles. The van der Waals surface area contributed by atoms with Crippen molar-refractivity contribution in [3.8, 4) is 0 Å². The van der Waals surface area contributed by atoms with Gasteiger partial charge in [-0.1, -0.05) is 53.0 Å². The molecule has 0 bridgehead atoms. The first-order valence-corrected chi connectivity index (χ1v) is 6.93. The molecule has 0 aliphatic carbocycles. The predicted octanol–water partition coefficient (Wildman–Crippen LogP) is 5.46. The molecule has 0 unspecified atom stereocenters. The molecule has 0 aliphatic rings. The van der Waals surface area contributed by atoms with Crippen LogP contribution in [0.1, 0.15) is 22.3 Å². The summed E-state index contributed by atoms with van der Waals surface area (Å²) in [6, 6.07) is 12.5. The molecule has 19 heavy (non-hydrogen) atoms. The van der Waals surface area contributed by atoms with Gasteiger partial charge in [-0.3, -0.25) is 4.79 Å². The van der Waals surface area contributed by atoms with Crippen LogP contribution in [-0.4, -0.2) is 5.78 Å². The second kappa shape index (κ2) is 6.42. The Kier molecular flexibility index (Phi) is 4.87. The highest BCUT2D eigenvalue weighted by molar-refractivity contribution is 6.39. The van der Waals surface area contributed by atoms with Crippen LogP contribution in [0.25, 0.3) is 0 Å². The lowest BCUT2D eigenvalue weighted by atomic mass is 10.0. The molecule has 0 N–H and O–H groups in total. The molecule has 4 heteroatoms. The largest absolute Gasteiger partial charge is 0.294 e. The van der Waals surface area contributed by atoms with Crippen LogP contribution in [-0.2, 0) is 6.42 Å². The van der Waals surface area contributed by atoms with Crippen LogP contribution in [0.4, 0.5) is 0 Å². The zero-order chi connectivity index (χ0) is 13.8. The number of ketones is 1. The zero-order valence-corrected chi connectivity index (χ0v) is 12.3. The number of benzene rings is 2. The maximum atomic E-state index is 12.1. The van der Waals surface area contributed by atoms with Gasteiger partial charge >= 0.3 is 0 Å². The maximum absolute atomic E-state index is 12.1. The van der Waals surface area contributed by atoms with E-state index in [1.807, 2.05) is 24.3 Å². The fourth-order valence-electron chi connectivity index (χ4n) is 1.80. The molecule has 0 saturated carbocycles. The molecular weight excluding hydrogens is 303 g/mol. The molecule has 0 radical (unpaired) electrons. The Morgan fingerprint density at radius 3 is 2.05 bits per heavy atom. The van der Waals surface area contributed by atoms with Crippen molar-refractivity contribution in [3.63, 3.8) is 0 Å². The molecule has 2 rings (SSSR count). The maximum Gasteiger partial charge on any atom is 0.166 e. The Balaban J connectivity index is 2.07. The van der Waals surface area contributed by atoms with E-state index in [1.165, 1.54) is 0 Å².